The highest BCUT2D eigenvalue weighted by Gasteiger charge is 2.36. The van der Waals surface area contributed by atoms with Gasteiger partial charge in [0.25, 0.3) is 0 Å². The predicted octanol–water partition coefficient (Wildman–Crippen LogP) is 1.01. The van der Waals surface area contributed by atoms with E-state index in [0.29, 0.717) is 18.9 Å². The maximum absolute atomic E-state index is 12.3. The minimum Gasteiger partial charge on any atom is -0.378 e. The molecule has 0 aromatic carbocycles. The van der Waals surface area contributed by atoms with Crippen LogP contribution in [0, 0.1) is 11.8 Å². The number of carbonyl (C=O) groups is 1. The van der Waals surface area contributed by atoms with Crippen LogP contribution in [0.1, 0.15) is 32.1 Å². The molecule has 0 aromatic heterocycles. The minimum absolute atomic E-state index is 0.230. The molecule has 18 heavy (non-hydrogen) atoms. The quantitative estimate of drug-likeness (QED) is 0.797. The van der Waals surface area contributed by atoms with Gasteiger partial charge in [0.2, 0.25) is 5.91 Å². The molecule has 3 unspecified atom stereocenters. The molecule has 102 valence electrons. The Morgan fingerprint density at radius 3 is 2.56 bits per heavy atom. The molecule has 1 saturated carbocycles. The Labute approximate surface area is 109 Å². The van der Waals surface area contributed by atoms with E-state index in [1.165, 1.54) is 25.7 Å². The van der Waals surface area contributed by atoms with E-state index >= 15 is 0 Å². The second-order valence-electron chi connectivity index (χ2n) is 6.03. The average molecular weight is 252 g/mol. The molecule has 3 fully saturated rings. The van der Waals surface area contributed by atoms with Gasteiger partial charge in [-0.15, -0.1) is 0 Å². The fourth-order valence-electron chi connectivity index (χ4n) is 3.70. The van der Waals surface area contributed by atoms with Crippen molar-refractivity contribution in [2.75, 3.05) is 32.8 Å². The molecule has 0 spiro atoms. The van der Waals surface area contributed by atoms with Gasteiger partial charge in [0, 0.05) is 32.1 Å². The zero-order valence-corrected chi connectivity index (χ0v) is 11.1. The number of fused-ring (bicyclic) bond motifs is 1. The molecular weight excluding hydrogens is 228 g/mol. The minimum atomic E-state index is 0.230. The first-order chi connectivity index (χ1) is 8.83. The van der Waals surface area contributed by atoms with Crippen molar-refractivity contribution >= 4 is 5.91 Å². The number of carbonyl (C=O) groups excluding carboxylic acids is 1. The molecule has 2 heterocycles. The first-order valence-electron chi connectivity index (χ1n) is 7.42. The Balaban J connectivity index is 1.50. The summed E-state index contributed by atoms with van der Waals surface area (Å²) in [7, 11) is 0. The molecule has 3 atom stereocenters. The average Bonchev–Trinajstić information content (AvgIpc) is 2.84. The van der Waals surface area contributed by atoms with E-state index in [-0.39, 0.29) is 6.04 Å². The van der Waals surface area contributed by atoms with Crippen LogP contribution in [0.3, 0.4) is 0 Å². The summed E-state index contributed by atoms with van der Waals surface area (Å²) in [6, 6.07) is 0.230. The predicted molar refractivity (Wildman–Crippen MR) is 69.3 cm³/mol. The highest BCUT2D eigenvalue weighted by atomic mass is 16.5. The van der Waals surface area contributed by atoms with Crippen LogP contribution in [0.4, 0.5) is 0 Å². The molecule has 4 nitrogen and oxygen atoms in total. The molecule has 2 saturated heterocycles. The topological polar surface area (TPSA) is 41.6 Å². The van der Waals surface area contributed by atoms with E-state index in [0.717, 1.165) is 38.1 Å². The molecule has 4 heteroatoms. The maximum Gasteiger partial charge on any atom is 0.224 e. The lowest BCUT2D eigenvalue weighted by atomic mass is 9.82. The van der Waals surface area contributed by atoms with Crippen molar-refractivity contribution in [2.24, 2.45) is 11.8 Å². The molecule has 0 bridgehead atoms. The van der Waals surface area contributed by atoms with Crippen LogP contribution >= 0.6 is 0 Å². The lowest BCUT2D eigenvalue weighted by molar-refractivity contribution is -0.131. The number of ether oxygens (including phenoxy) is 1. The van der Waals surface area contributed by atoms with E-state index in [2.05, 4.69) is 10.2 Å². The lowest BCUT2D eigenvalue weighted by Crippen LogP contribution is -2.44. The Kier molecular flexibility index (Phi) is 3.85. The van der Waals surface area contributed by atoms with Crippen molar-refractivity contribution in [3.05, 3.63) is 0 Å². The summed E-state index contributed by atoms with van der Waals surface area (Å²) in [5, 5.41) is 3.36. The lowest BCUT2D eigenvalue weighted by Gasteiger charge is -2.25. The number of morpholine rings is 1. The number of hydrogen-bond donors (Lipinski definition) is 1. The zero-order valence-electron chi connectivity index (χ0n) is 11.1. The van der Waals surface area contributed by atoms with Crippen molar-refractivity contribution in [3.8, 4) is 0 Å². The van der Waals surface area contributed by atoms with Gasteiger partial charge in [-0.05, 0) is 24.7 Å². The first-order valence-corrected chi connectivity index (χ1v) is 7.42. The molecular formula is C14H24N2O2. The van der Waals surface area contributed by atoms with Gasteiger partial charge in [0.15, 0.2) is 0 Å². The van der Waals surface area contributed by atoms with Crippen molar-refractivity contribution in [1.82, 2.24) is 10.2 Å². The summed E-state index contributed by atoms with van der Waals surface area (Å²) in [5.41, 5.74) is 0. The van der Waals surface area contributed by atoms with Crippen LogP contribution in [0.5, 0.6) is 0 Å². The van der Waals surface area contributed by atoms with Crippen molar-refractivity contribution in [3.63, 3.8) is 0 Å². The van der Waals surface area contributed by atoms with Gasteiger partial charge in [-0.2, -0.15) is 0 Å². The van der Waals surface area contributed by atoms with Gasteiger partial charge in [-0.3, -0.25) is 4.79 Å². The molecule has 0 radical (unpaired) electrons. The molecule has 1 N–H and O–H groups in total. The van der Waals surface area contributed by atoms with Gasteiger partial charge < -0.3 is 15.0 Å². The number of amides is 1. The van der Waals surface area contributed by atoms with Crippen LogP contribution in [0.15, 0.2) is 0 Å². The third-order valence-electron chi connectivity index (χ3n) is 4.75. The second kappa shape index (κ2) is 5.57. The summed E-state index contributed by atoms with van der Waals surface area (Å²) >= 11 is 0. The van der Waals surface area contributed by atoms with Crippen LogP contribution in [-0.4, -0.2) is 49.7 Å². The highest BCUT2D eigenvalue weighted by molar-refractivity contribution is 5.77. The number of hydrogen-bond acceptors (Lipinski definition) is 3. The largest absolute Gasteiger partial charge is 0.378 e. The van der Waals surface area contributed by atoms with Crippen LogP contribution in [-0.2, 0) is 9.53 Å². The van der Waals surface area contributed by atoms with Gasteiger partial charge >= 0.3 is 0 Å². The summed E-state index contributed by atoms with van der Waals surface area (Å²) in [4.78, 5) is 14.4. The maximum atomic E-state index is 12.3. The van der Waals surface area contributed by atoms with E-state index in [1.807, 2.05) is 0 Å². The molecule has 3 aliphatic rings. The van der Waals surface area contributed by atoms with E-state index in [9.17, 15) is 4.79 Å². The van der Waals surface area contributed by atoms with Crippen LogP contribution in [0.2, 0.25) is 0 Å². The third-order valence-corrected chi connectivity index (χ3v) is 4.75. The highest BCUT2D eigenvalue weighted by Crippen LogP contribution is 2.36. The van der Waals surface area contributed by atoms with Gasteiger partial charge in [0.1, 0.15) is 0 Å². The Morgan fingerprint density at radius 1 is 1.22 bits per heavy atom. The van der Waals surface area contributed by atoms with E-state index in [1.54, 1.807) is 0 Å². The molecule has 1 amide bonds. The Hall–Kier alpha value is -0.610. The van der Waals surface area contributed by atoms with E-state index in [4.69, 9.17) is 4.74 Å². The van der Waals surface area contributed by atoms with Crippen LogP contribution < -0.4 is 5.32 Å². The first kappa shape index (κ1) is 12.4. The monoisotopic (exact) mass is 252 g/mol. The molecule has 0 aromatic rings. The fourth-order valence-corrected chi connectivity index (χ4v) is 3.70. The third kappa shape index (κ3) is 2.69. The van der Waals surface area contributed by atoms with Gasteiger partial charge in [0.05, 0.1) is 13.2 Å². The molecule has 2 aliphatic heterocycles. The number of nitrogens with zero attached hydrogens (tertiary/aromatic N) is 1. The van der Waals surface area contributed by atoms with Gasteiger partial charge in [-0.25, -0.2) is 0 Å². The molecule has 3 rings (SSSR count). The fraction of sp³-hybridized carbons (Fsp3) is 0.929. The van der Waals surface area contributed by atoms with Crippen molar-refractivity contribution < 1.29 is 9.53 Å². The SMILES string of the molecule is O=C(CC1COCCN1)N1CC2CCCCC2C1. The number of rotatable bonds is 2. The summed E-state index contributed by atoms with van der Waals surface area (Å²) in [6.45, 7) is 4.36. The van der Waals surface area contributed by atoms with Crippen molar-refractivity contribution in [2.45, 2.75) is 38.1 Å². The number of nitrogens with one attached hydrogen (secondary N) is 1. The molecule has 1 aliphatic carbocycles. The summed E-state index contributed by atoms with van der Waals surface area (Å²) in [6.07, 6.45) is 6.00. The van der Waals surface area contributed by atoms with Gasteiger partial charge in [-0.1, -0.05) is 12.8 Å². The Bertz CT molecular complexity index is 288. The van der Waals surface area contributed by atoms with E-state index < -0.39 is 0 Å². The Morgan fingerprint density at radius 2 is 1.94 bits per heavy atom. The normalized spacial score (nSPS) is 36.4. The second-order valence-corrected chi connectivity index (χ2v) is 6.03. The summed E-state index contributed by atoms with van der Waals surface area (Å²) < 4.78 is 5.41. The summed E-state index contributed by atoms with van der Waals surface area (Å²) in [5.74, 6) is 1.91. The number of likely N-dealkylation sites (tertiary alicyclic amines) is 1. The smallest absolute Gasteiger partial charge is 0.224 e. The zero-order chi connectivity index (χ0) is 12.4. The van der Waals surface area contributed by atoms with Crippen molar-refractivity contribution in [1.29, 1.82) is 0 Å². The van der Waals surface area contributed by atoms with Crippen LogP contribution in [0.25, 0.3) is 0 Å². The standard InChI is InChI=1S/C14H24N2O2/c17-14(7-13-10-18-6-5-15-13)16-8-11-3-1-2-4-12(11)9-16/h11-13,15H,1-10H2.